The number of aryl methyl sites for hydroxylation is 2. The third kappa shape index (κ3) is 4.77. The number of oxazole rings is 1. The van der Waals surface area contributed by atoms with Crippen LogP contribution in [0, 0.1) is 31.3 Å². The number of nitrogens with zero attached hydrogens (tertiary/aromatic N) is 4. The van der Waals surface area contributed by atoms with Gasteiger partial charge in [0.15, 0.2) is 23.3 Å². The normalized spacial score (nSPS) is 26.8. The van der Waals surface area contributed by atoms with Gasteiger partial charge in [-0.15, -0.1) is 5.10 Å². The summed E-state index contributed by atoms with van der Waals surface area (Å²) >= 11 is 0. The van der Waals surface area contributed by atoms with Crippen LogP contribution in [0.15, 0.2) is 22.7 Å². The van der Waals surface area contributed by atoms with Crippen LogP contribution in [0.2, 0.25) is 0 Å². The van der Waals surface area contributed by atoms with E-state index in [1.165, 1.54) is 10.9 Å². The molecule has 4 N–H and O–H groups in total. The quantitative estimate of drug-likeness (QED) is 0.241. The largest absolute Gasteiger partial charge is 0.446 e. The van der Waals surface area contributed by atoms with Gasteiger partial charge in [0.2, 0.25) is 0 Å². The standard InChI is InChI=1S/C23H29F3N4O5S/c1-10-19(27-11(2)35-10)22(23(3,4)34)36-9-16(32)20(21(33)17(36)8-31)30-7-15(28-29-30)12-5-13(24)18(26)14(25)6-12/h5-7,16-17,20-22,31-34,36H,8-9H2,1-4H3/t16-,17+,20-,21-,22?/m0/s1. The number of hydrogen-bond donors (Lipinski definition) is 5. The van der Waals surface area contributed by atoms with Gasteiger partial charge in [-0.25, -0.2) is 33.7 Å². The Balaban J connectivity index is 1.68. The average Bonchev–Trinajstić information content (AvgIpc) is 3.37. The molecule has 2 unspecified atom stereocenters. The van der Waals surface area contributed by atoms with Crippen LogP contribution in [0.5, 0.6) is 0 Å². The number of halogens is 3. The Morgan fingerprint density at radius 2 is 1.83 bits per heavy atom. The number of rotatable bonds is 6. The van der Waals surface area contributed by atoms with Gasteiger partial charge in [-0.05, 0) is 32.9 Å². The Morgan fingerprint density at radius 1 is 1.19 bits per heavy atom. The number of thiol groups is 1. The summed E-state index contributed by atoms with van der Waals surface area (Å²) in [5, 5.41) is 50.1. The number of benzene rings is 1. The lowest BCUT2D eigenvalue weighted by molar-refractivity contribution is 0.00564. The summed E-state index contributed by atoms with van der Waals surface area (Å²) in [6.45, 7) is 6.17. The monoisotopic (exact) mass is 530 g/mol. The lowest BCUT2D eigenvalue weighted by Crippen LogP contribution is -2.52. The summed E-state index contributed by atoms with van der Waals surface area (Å²) in [5.41, 5.74) is -0.872. The van der Waals surface area contributed by atoms with Crippen molar-refractivity contribution in [1.29, 1.82) is 0 Å². The fourth-order valence-electron chi connectivity index (χ4n) is 4.91. The second kappa shape index (κ2) is 9.78. The molecular formula is C23H29F3N4O5S. The summed E-state index contributed by atoms with van der Waals surface area (Å²) in [7, 11) is -1.44. The van der Waals surface area contributed by atoms with Crippen LogP contribution in [0.1, 0.15) is 42.5 Å². The van der Waals surface area contributed by atoms with Gasteiger partial charge in [-0.2, -0.15) is 0 Å². The first-order chi connectivity index (χ1) is 16.8. The predicted molar refractivity (Wildman–Crippen MR) is 126 cm³/mol. The van der Waals surface area contributed by atoms with E-state index in [1.54, 1.807) is 27.7 Å². The molecule has 0 saturated carbocycles. The molecule has 1 saturated heterocycles. The Kier molecular flexibility index (Phi) is 7.23. The third-order valence-electron chi connectivity index (χ3n) is 6.44. The highest BCUT2D eigenvalue weighted by Crippen LogP contribution is 2.57. The van der Waals surface area contributed by atoms with Crippen molar-refractivity contribution in [3.05, 3.63) is 53.1 Å². The molecule has 3 heterocycles. The van der Waals surface area contributed by atoms with Gasteiger partial charge >= 0.3 is 0 Å². The van der Waals surface area contributed by atoms with Gasteiger partial charge in [-0.1, -0.05) is 5.21 Å². The van der Waals surface area contributed by atoms with Crippen LogP contribution in [0.25, 0.3) is 11.3 Å². The fourth-order valence-corrected chi connectivity index (χ4v) is 8.56. The highest BCUT2D eigenvalue weighted by molar-refractivity contribution is 8.18. The SMILES string of the molecule is Cc1nc(C([SH]2C[C@H](O)[C@H](n3cc(-c4cc(F)c(F)c(F)c4)nn3)[C@@H](O)[C@H]2CO)C(C)(C)O)c(C)o1. The van der Waals surface area contributed by atoms with Crippen LogP contribution in [-0.4, -0.2) is 75.8 Å². The molecule has 0 bridgehead atoms. The summed E-state index contributed by atoms with van der Waals surface area (Å²) in [6, 6.07) is 0.499. The van der Waals surface area contributed by atoms with Crippen LogP contribution in [0.3, 0.4) is 0 Å². The first kappa shape index (κ1) is 26.6. The molecule has 1 aromatic carbocycles. The highest BCUT2D eigenvalue weighted by atomic mass is 32.2. The van der Waals surface area contributed by atoms with Crippen LogP contribution in [-0.2, 0) is 0 Å². The fraction of sp³-hybridized carbons (Fsp3) is 0.522. The molecule has 9 nitrogen and oxygen atoms in total. The van der Waals surface area contributed by atoms with Crippen molar-refractivity contribution >= 4 is 10.9 Å². The summed E-state index contributed by atoms with van der Waals surface area (Å²) in [5.74, 6) is -3.35. The molecule has 2 aromatic heterocycles. The maximum Gasteiger partial charge on any atom is 0.194 e. The van der Waals surface area contributed by atoms with E-state index in [-0.39, 0.29) is 17.0 Å². The van der Waals surface area contributed by atoms with Crippen molar-refractivity contribution < 1.29 is 38.0 Å². The molecule has 0 radical (unpaired) electrons. The molecule has 1 aliphatic heterocycles. The van der Waals surface area contributed by atoms with Crippen molar-refractivity contribution in [2.24, 2.45) is 0 Å². The van der Waals surface area contributed by atoms with Crippen LogP contribution < -0.4 is 0 Å². The van der Waals surface area contributed by atoms with E-state index in [2.05, 4.69) is 15.3 Å². The molecule has 0 aliphatic carbocycles. The molecule has 0 amide bonds. The molecule has 0 spiro atoms. The minimum atomic E-state index is -1.61. The van der Waals surface area contributed by atoms with E-state index in [0.717, 1.165) is 12.1 Å². The molecule has 3 aromatic rings. The number of aromatic nitrogens is 4. The zero-order valence-electron chi connectivity index (χ0n) is 20.1. The lowest BCUT2D eigenvalue weighted by atomic mass is 10.0. The summed E-state index contributed by atoms with van der Waals surface area (Å²) in [4.78, 5) is 4.43. The highest BCUT2D eigenvalue weighted by Gasteiger charge is 2.49. The van der Waals surface area contributed by atoms with E-state index < -0.39 is 69.3 Å². The Labute approximate surface area is 207 Å². The molecule has 1 fully saturated rings. The third-order valence-corrected chi connectivity index (χ3v) is 10.1. The minimum Gasteiger partial charge on any atom is -0.446 e. The van der Waals surface area contributed by atoms with Gasteiger partial charge in [0.1, 0.15) is 17.5 Å². The molecule has 6 atom stereocenters. The van der Waals surface area contributed by atoms with Crippen molar-refractivity contribution in [2.75, 3.05) is 12.4 Å². The van der Waals surface area contributed by atoms with Crippen LogP contribution in [0.4, 0.5) is 13.2 Å². The predicted octanol–water partition coefficient (Wildman–Crippen LogP) is 2.12. The van der Waals surface area contributed by atoms with Crippen LogP contribution >= 0.6 is 10.9 Å². The Morgan fingerprint density at radius 3 is 2.36 bits per heavy atom. The van der Waals surface area contributed by atoms with E-state index in [1.807, 2.05) is 0 Å². The van der Waals surface area contributed by atoms with Gasteiger partial charge in [-0.3, -0.25) is 0 Å². The maximum atomic E-state index is 13.7. The van der Waals surface area contributed by atoms with Gasteiger partial charge in [0.05, 0.1) is 41.6 Å². The molecule has 1 aliphatic rings. The van der Waals surface area contributed by atoms with Crippen molar-refractivity contribution in [1.82, 2.24) is 20.0 Å². The van der Waals surface area contributed by atoms with Gasteiger partial charge < -0.3 is 24.8 Å². The molecule has 36 heavy (non-hydrogen) atoms. The van der Waals surface area contributed by atoms with E-state index in [4.69, 9.17) is 4.42 Å². The molecule has 13 heteroatoms. The Hall–Kier alpha value is -2.45. The van der Waals surface area contributed by atoms with Crippen molar-refractivity contribution in [2.45, 2.75) is 62.0 Å². The second-order valence-corrected chi connectivity index (χ2v) is 12.1. The maximum absolute atomic E-state index is 13.7. The molecular weight excluding hydrogens is 501 g/mol. The zero-order valence-corrected chi connectivity index (χ0v) is 21.0. The summed E-state index contributed by atoms with van der Waals surface area (Å²) < 4.78 is 47.4. The topological polar surface area (TPSA) is 138 Å². The first-order valence-electron chi connectivity index (χ1n) is 11.3. The van der Waals surface area contributed by atoms with Gasteiger partial charge in [0, 0.05) is 23.5 Å². The van der Waals surface area contributed by atoms with Gasteiger partial charge in [0.25, 0.3) is 0 Å². The van der Waals surface area contributed by atoms with Crippen molar-refractivity contribution in [3.8, 4) is 11.3 Å². The minimum absolute atomic E-state index is 0.00338. The van der Waals surface area contributed by atoms with E-state index in [9.17, 15) is 33.6 Å². The second-order valence-electron chi connectivity index (χ2n) is 9.56. The zero-order chi connectivity index (χ0) is 26.5. The molecule has 4 rings (SSSR count). The Bertz CT molecular complexity index is 1220. The average molecular weight is 531 g/mol. The molecule has 198 valence electrons. The van der Waals surface area contributed by atoms with E-state index >= 15 is 0 Å². The smallest absolute Gasteiger partial charge is 0.194 e. The number of aliphatic hydroxyl groups is 4. The lowest BCUT2D eigenvalue weighted by Gasteiger charge is -2.50. The number of aliphatic hydroxyl groups excluding tert-OH is 3. The van der Waals surface area contributed by atoms with E-state index in [0.29, 0.717) is 17.3 Å². The number of hydrogen-bond acceptors (Lipinski definition) is 8. The summed E-state index contributed by atoms with van der Waals surface area (Å²) in [6.07, 6.45) is -1.19. The van der Waals surface area contributed by atoms with Crippen molar-refractivity contribution in [3.63, 3.8) is 0 Å². The first-order valence-corrected chi connectivity index (χ1v) is 13.0.